The zero-order chi connectivity index (χ0) is 18.5. The first-order valence-corrected chi connectivity index (χ1v) is 9.18. The van der Waals surface area contributed by atoms with Gasteiger partial charge in [0.1, 0.15) is 0 Å². The summed E-state index contributed by atoms with van der Waals surface area (Å²) in [5.41, 5.74) is 4.95. The molecule has 0 spiro atoms. The van der Waals surface area contributed by atoms with Crippen molar-refractivity contribution in [3.05, 3.63) is 125 Å². The Labute approximate surface area is 159 Å². The summed E-state index contributed by atoms with van der Waals surface area (Å²) in [6, 6.07) is 31.5. The molecule has 0 unspecified atom stereocenters. The average molecular weight is 354 g/mol. The zero-order valence-electron chi connectivity index (χ0n) is 15.0. The Morgan fingerprint density at radius 3 is 1.56 bits per heavy atom. The standard InChI is InChI=1S/C24H22N2O/c27-17-16-23-22(18-25-26-23)24(19-10-4-1-5-11-19,20-12-6-2-7-13-20)21-14-8-3-9-15-21/h1-15,18,27H,16-17H2,(H,25,26). The maximum atomic E-state index is 9.59. The van der Waals surface area contributed by atoms with Gasteiger partial charge in [0.25, 0.3) is 0 Å². The molecule has 1 aromatic heterocycles. The summed E-state index contributed by atoms with van der Waals surface area (Å²) in [5, 5.41) is 17.1. The van der Waals surface area contributed by atoms with E-state index in [4.69, 9.17) is 0 Å². The van der Waals surface area contributed by atoms with Crippen molar-refractivity contribution in [3.8, 4) is 0 Å². The van der Waals surface area contributed by atoms with Gasteiger partial charge in [0, 0.05) is 24.8 Å². The molecule has 0 atom stereocenters. The van der Waals surface area contributed by atoms with E-state index in [1.54, 1.807) is 0 Å². The lowest BCUT2D eigenvalue weighted by molar-refractivity contribution is 0.297. The predicted molar refractivity (Wildman–Crippen MR) is 108 cm³/mol. The van der Waals surface area contributed by atoms with Crippen LogP contribution in [0.4, 0.5) is 0 Å². The van der Waals surface area contributed by atoms with Crippen molar-refractivity contribution < 1.29 is 5.11 Å². The van der Waals surface area contributed by atoms with Crippen LogP contribution in [0.15, 0.2) is 97.2 Å². The number of nitrogens with one attached hydrogen (secondary N) is 1. The number of aromatic amines is 1. The lowest BCUT2D eigenvalue weighted by Crippen LogP contribution is -2.31. The molecule has 0 aliphatic carbocycles. The fraction of sp³-hybridized carbons (Fsp3) is 0.125. The Hall–Kier alpha value is -3.17. The van der Waals surface area contributed by atoms with Gasteiger partial charge in [0.05, 0.1) is 11.1 Å². The second-order valence-electron chi connectivity index (χ2n) is 6.57. The van der Waals surface area contributed by atoms with Crippen LogP contribution in [0.3, 0.4) is 0 Å². The third kappa shape index (κ3) is 2.96. The molecular weight excluding hydrogens is 332 g/mol. The Kier molecular flexibility index (Phi) is 4.86. The first-order valence-electron chi connectivity index (χ1n) is 9.18. The Morgan fingerprint density at radius 2 is 1.15 bits per heavy atom. The molecule has 27 heavy (non-hydrogen) atoms. The van der Waals surface area contributed by atoms with Crippen molar-refractivity contribution in [2.75, 3.05) is 6.61 Å². The van der Waals surface area contributed by atoms with Crippen LogP contribution in [0.25, 0.3) is 0 Å². The van der Waals surface area contributed by atoms with Crippen LogP contribution in [0.1, 0.15) is 27.9 Å². The molecule has 4 aromatic rings. The Bertz CT molecular complexity index is 882. The van der Waals surface area contributed by atoms with E-state index in [9.17, 15) is 5.11 Å². The van der Waals surface area contributed by atoms with Gasteiger partial charge in [-0.1, -0.05) is 91.0 Å². The molecule has 0 radical (unpaired) electrons. The van der Waals surface area contributed by atoms with Crippen molar-refractivity contribution in [3.63, 3.8) is 0 Å². The fourth-order valence-corrected chi connectivity index (χ4v) is 3.97. The first-order chi connectivity index (χ1) is 13.4. The summed E-state index contributed by atoms with van der Waals surface area (Å²) in [6.07, 6.45) is 2.48. The normalized spacial score (nSPS) is 11.4. The Morgan fingerprint density at radius 1 is 0.704 bits per heavy atom. The van der Waals surface area contributed by atoms with Gasteiger partial charge in [-0.25, -0.2) is 0 Å². The van der Waals surface area contributed by atoms with Crippen LogP contribution >= 0.6 is 0 Å². The highest BCUT2D eigenvalue weighted by atomic mass is 16.3. The smallest absolute Gasteiger partial charge is 0.0735 e. The maximum absolute atomic E-state index is 9.59. The second-order valence-corrected chi connectivity index (χ2v) is 6.57. The molecule has 0 bridgehead atoms. The van der Waals surface area contributed by atoms with E-state index in [1.807, 2.05) is 24.4 Å². The van der Waals surface area contributed by atoms with Gasteiger partial charge in [0.15, 0.2) is 0 Å². The van der Waals surface area contributed by atoms with Crippen LogP contribution in [-0.2, 0) is 11.8 Å². The van der Waals surface area contributed by atoms with Gasteiger partial charge < -0.3 is 5.11 Å². The van der Waals surface area contributed by atoms with E-state index in [1.165, 1.54) is 16.7 Å². The van der Waals surface area contributed by atoms with Crippen LogP contribution in [0.2, 0.25) is 0 Å². The summed E-state index contributed by atoms with van der Waals surface area (Å²) in [6.45, 7) is 0.0618. The number of nitrogens with zero attached hydrogens (tertiary/aromatic N) is 1. The van der Waals surface area contributed by atoms with Crippen LogP contribution in [0, 0.1) is 0 Å². The van der Waals surface area contributed by atoms with Gasteiger partial charge in [-0.2, -0.15) is 5.10 Å². The molecule has 4 rings (SSSR count). The number of hydrogen-bond acceptors (Lipinski definition) is 2. The third-order valence-corrected chi connectivity index (χ3v) is 5.09. The van der Waals surface area contributed by atoms with Gasteiger partial charge in [-0.05, 0) is 16.7 Å². The molecular formula is C24H22N2O. The molecule has 0 fully saturated rings. The molecule has 3 aromatic carbocycles. The first kappa shape index (κ1) is 17.3. The van der Waals surface area contributed by atoms with Gasteiger partial charge in [0.2, 0.25) is 0 Å². The van der Waals surface area contributed by atoms with E-state index in [-0.39, 0.29) is 6.61 Å². The highest BCUT2D eigenvalue weighted by Crippen LogP contribution is 2.45. The quantitative estimate of drug-likeness (QED) is 0.507. The van der Waals surface area contributed by atoms with E-state index < -0.39 is 5.41 Å². The van der Waals surface area contributed by atoms with Crippen LogP contribution < -0.4 is 0 Å². The van der Waals surface area contributed by atoms with Gasteiger partial charge in [-0.3, -0.25) is 5.10 Å². The Balaban J connectivity index is 2.12. The van der Waals surface area contributed by atoms with E-state index in [2.05, 4.69) is 83.0 Å². The van der Waals surface area contributed by atoms with Crippen LogP contribution in [-0.4, -0.2) is 21.9 Å². The average Bonchev–Trinajstić information content (AvgIpc) is 3.20. The minimum absolute atomic E-state index is 0.0618. The largest absolute Gasteiger partial charge is 0.396 e. The summed E-state index contributed by atoms with van der Waals surface area (Å²) in [5.74, 6) is 0. The number of aliphatic hydroxyl groups is 1. The van der Waals surface area contributed by atoms with Crippen LogP contribution in [0.5, 0.6) is 0 Å². The van der Waals surface area contributed by atoms with Crippen molar-refractivity contribution in [2.45, 2.75) is 11.8 Å². The number of aliphatic hydroxyl groups excluding tert-OH is 1. The minimum Gasteiger partial charge on any atom is -0.396 e. The molecule has 2 N–H and O–H groups in total. The monoisotopic (exact) mass is 354 g/mol. The minimum atomic E-state index is -0.513. The second kappa shape index (κ2) is 7.60. The highest BCUT2D eigenvalue weighted by molar-refractivity contribution is 5.60. The van der Waals surface area contributed by atoms with E-state index >= 15 is 0 Å². The molecule has 134 valence electrons. The molecule has 0 saturated heterocycles. The molecule has 0 aliphatic heterocycles. The van der Waals surface area contributed by atoms with E-state index in [0.717, 1.165) is 11.3 Å². The molecule has 1 heterocycles. The summed E-state index contributed by atoms with van der Waals surface area (Å²) >= 11 is 0. The van der Waals surface area contributed by atoms with Crippen molar-refractivity contribution in [1.82, 2.24) is 10.2 Å². The van der Waals surface area contributed by atoms with E-state index in [0.29, 0.717) is 6.42 Å². The van der Waals surface area contributed by atoms with Gasteiger partial charge in [-0.15, -0.1) is 0 Å². The number of rotatable bonds is 6. The van der Waals surface area contributed by atoms with Gasteiger partial charge >= 0.3 is 0 Å². The summed E-state index contributed by atoms with van der Waals surface area (Å²) in [7, 11) is 0. The molecule has 3 nitrogen and oxygen atoms in total. The SMILES string of the molecule is OCCc1n[nH]cc1C(c1ccccc1)(c1ccccc1)c1ccccc1. The van der Waals surface area contributed by atoms with Crippen molar-refractivity contribution in [2.24, 2.45) is 0 Å². The topological polar surface area (TPSA) is 48.9 Å². The molecule has 0 saturated carbocycles. The zero-order valence-corrected chi connectivity index (χ0v) is 15.0. The molecule has 3 heteroatoms. The highest BCUT2D eigenvalue weighted by Gasteiger charge is 2.40. The number of hydrogen-bond donors (Lipinski definition) is 2. The number of aromatic nitrogens is 2. The lowest BCUT2D eigenvalue weighted by atomic mass is 9.65. The fourth-order valence-electron chi connectivity index (χ4n) is 3.97. The summed E-state index contributed by atoms with van der Waals surface area (Å²) in [4.78, 5) is 0. The summed E-state index contributed by atoms with van der Waals surface area (Å²) < 4.78 is 0. The van der Waals surface area contributed by atoms with Crippen molar-refractivity contribution >= 4 is 0 Å². The predicted octanol–water partition coefficient (Wildman–Crippen LogP) is 4.33. The number of benzene rings is 3. The number of H-pyrrole nitrogens is 1. The third-order valence-electron chi connectivity index (χ3n) is 5.09. The maximum Gasteiger partial charge on any atom is 0.0735 e. The lowest BCUT2D eigenvalue weighted by Gasteiger charge is -2.36. The molecule has 0 aliphatic rings. The van der Waals surface area contributed by atoms with Crippen molar-refractivity contribution in [1.29, 1.82) is 0 Å². The molecule has 0 amide bonds.